The van der Waals surface area contributed by atoms with E-state index in [9.17, 15) is 4.79 Å². The van der Waals surface area contributed by atoms with E-state index in [1.54, 1.807) is 18.2 Å². The molecule has 2 heterocycles. The zero-order valence-electron chi connectivity index (χ0n) is 14.0. The molecule has 2 fully saturated rings. The highest BCUT2D eigenvalue weighted by Gasteiger charge is 2.36. The highest BCUT2D eigenvalue weighted by atomic mass is 16.2. The lowest BCUT2D eigenvalue weighted by Crippen LogP contribution is -2.52. The van der Waals surface area contributed by atoms with Gasteiger partial charge in [0.25, 0.3) is 5.91 Å². The van der Waals surface area contributed by atoms with Crippen molar-refractivity contribution in [2.45, 2.75) is 57.7 Å². The standard InChI is InChI=1S/C19H25N3O/c1-14-8-9-15(2)22(14)18-7-4-10-21(13-18)19(23)17-6-3-5-16(11-17)12-20/h3,5-6,11,14-15,18H,4,7-10,13H2,1-2H3/t14-,15-,18+/m1/s1. The van der Waals surface area contributed by atoms with E-state index in [-0.39, 0.29) is 5.91 Å². The second kappa shape index (κ2) is 6.72. The molecule has 1 amide bonds. The van der Waals surface area contributed by atoms with Crippen LogP contribution in [0.2, 0.25) is 0 Å². The van der Waals surface area contributed by atoms with Crippen molar-refractivity contribution in [3.8, 4) is 6.07 Å². The smallest absolute Gasteiger partial charge is 0.253 e. The van der Waals surface area contributed by atoms with Gasteiger partial charge in [-0.2, -0.15) is 5.26 Å². The predicted molar refractivity (Wildman–Crippen MR) is 90.1 cm³/mol. The molecule has 0 N–H and O–H groups in total. The van der Waals surface area contributed by atoms with Gasteiger partial charge in [0.1, 0.15) is 0 Å². The summed E-state index contributed by atoms with van der Waals surface area (Å²) >= 11 is 0. The van der Waals surface area contributed by atoms with E-state index in [0.29, 0.717) is 29.3 Å². The van der Waals surface area contributed by atoms with E-state index in [4.69, 9.17) is 5.26 Å². The summed E-state index contributed by atoms with van der Waals surface area (Å²) < 4.78 is 0. The van der Waals surface area contributed by atoms with Gasteiger partial charge < -0.3 is 4.90 Å². The van der Waals surface area contributed by atoms with Crippen molar-refractivity contribution >= 4 is 5.91 Å². The van der Waals surface area contributed by atoms with Crippen LogP contribution in [0, 0.1) is 11.3 Å². The van der Waals surface area contributed by atoms with Crippen molar-refractivity contribution in [1.29, 1.82) is 5.26 Å². The molecule has 2 saturated heterocycles. The van der Waals surface area contributed by atoms with Crippen molar-refractivity contribution in [3.63, 3.8) is 0 Å². The third-order valence-corrected chi connectivity index (χ3v) is 5.36. The van der Waals surface area contributed by atoms with Crippen molar-refractivity contribution in [2.24, 2.45) is 0 Å². The normalized spacial score (nSPS) is 28.6. The summed E-state index contributed by atoms with van der Waals surface area (Å²) in [5, 5.41) is 9.02. The molecule has 0 aliphatic carbocycles. The van der Waals surface area contributed by atoms with Gasteiger partial charge in [-0.25, -0.2) is 0 Å². The third-order valence-electron chi connectivity index (χ3n) is 5.36. The minimum atomic E-state index is 0.0614. The van der Waals surface area contributed by atoms with E-state index >= 15 is 0 Å². The fourth-order valence-electron chi connectivity index (χ4n) is 4.22. The van der Waals surface area contributed by atoms with Crippen LogP contribution in [-0.4, -0.2) is 46.9 Å². The topological polar surface area (TPSA) is 47.3 Å². The lowest BCUT2D eigenvalue weighted by atomic mass is 10.0. The minimum absolute atomic E-state index is 0.0614. The highest BCUT2D eigenvalue weighted by molar-refractivity contribution is 5.94. The molecule has 0 unspecified atom stereocenters. The molecule has 0 saturated carbocycles. The Morgan fingerprint density at radius 1 is 1.22 bits per heavy atom. The van der Waals surface area contributed by atoms with Gasteiger partial charge in [0.2, 0.25) is 0 Å². The van der Waals surface area contributed by atoms with Gasteiger partial charge in [0.05, 0.1) is 11.6 Å². The number of carbonyl (C=O) groups is 1. The molecular weight excluding hydrogens is 286 g/mol. The van der Waals surface area contributed by atoms with E-state index in [2.05, 4.69) is 24.8 Å². The van der Waals surface area contributed by atoms with Gasteiger partial charge in [-0.1, -0.05) is 6.07 Å². The maximum atomic E-state index is 12.8. The monoisotopic (exact) mass is 311 g/mol. The second-order valence-electron chi connectivity index (χ2n) is 6.96. The summed E-state index contributed by atoms with van der Waals surface area (Å²) in [6.45, 7) is 6.24. The van der Waals surface area contributed by atoms with Gasteiger partial charge in [0, 0.05) is 36.8 Å². The van der Waals surface area contributed by atoms with Gasteiger partial charge in [-0.05, 0) is 57.7 Å². The molecule has 0 bridgehead atoms. The minimum Gasteiger partial charge on any atom is -0.337 e. The number of carbonyl (C=O) groups excluding carboxylic acids is 1. The van der Waals surface area contributed by atoms with E-state index < -0.39 is 0 Å². The van der Waals surface area contributed by atoms with Crippen LogP contribution in [0.15, 0.2) is 24.3 Å². The molecule has 0 spiro atoms. The van der Waals surface area contributed by atoms with Crippen molar-refractivity contribution < 1.29 is 4.79 Å². The van der Waals surface area contributed by atoms with Crippen LogP contribution in [0.5, 0.6) is 0 Å². The molecule has 23 heavy (non-hydrogen) atoms. The average molecular weight is 311 g/mol. The number of hydrogen-bond donors (Lipinski definition) is 0. The molecule has 1 aromatic rings. The van der Waals surface area contributed by atoms with Crippen molar-refractivity contribution in [2.75, 3.05) is 13.1 Å². The summed E-state index contributed by atoms with van der Waals surface area (Å²) in [6, 6.07) is 10.9. The largest absolute Gasteiger partial charge is 0.337 e. The van der Waals surface area contributed by atoms with Gasteiger partial charge in [0.15, 0.2) is 0 Å². The number of benzene rings is 1. The Morgan fingerprint density at radius 2 is 1.96 bits per heavy atom. The van der Waals surface area contributed by atoms with E-state index in [1.165, 1.54) is 19.3 Å². The Kier molecular flexibility index (Phi) is 4.68. The molecule has 2 aliphatic heterocycles. The molecular formula is C19H25N3O. The van der Waals surface area contributed by atoms with Crippen LogP contribution in [0.25, 0.3) is 0 Å². The summed E-state index contributed by atoms with van der Waals surface area (Å²) in [5.74, 6) is 0.0614. The number of hydrogen-bond acceptors (Lipinski definition) is 3. The zero-order valence-corrected chi connectivity index (χ0v) is 14.0. The Morgan fingerprint density at radius 3 is 2.65 bits per heavy atom. The van der Waals surface area contributed by atoms with Crippen LogP contribution >= 0.6 is 0 Å². The first-order chi connectivity index (χ1) is 11.1. The number of amides is 1. The molecule has 4 nitrogen and oxygen atoms in total. The fourth-order valence-corrected chi connectivity index (χ4v) is 4.22. The fraction of sp³-hybridized carbons (Fsp3) is 0.579. The van der Waals surface area contributed by atoms with Crippen LogP contribution in [0.4, 0.5) is 0 Å². The first-order valence-corrected chi connectivity index (χ1v) is 8.67. The Balaban J connectivity index is 1.73. The molecule has 4 heteroatoms. The van der Waals surface area contributed by atoms with Gasteiger partial charge in [-0.15, -0.1) is 0 Å². The number of nitrogens with zero attached hydrogens (tertiary/aromatic N) is 3. The average Bonchev–Trinajstić information content (AvgIpc) is 2.93. The van der Waals surface area contributed by atoms with Gasteiger partial charge in [-0.3, -0.25) is 9.69 Å². The van der Waals surface area contributed by atoms with Gasteiger partial charge >= 0.3 is 0 Å². The molecule has 3 rings (SSSR count). The maximum Gasteiger partial charge on any atom is 0.253 e. The molecule has 2 aliphatic rings. The number of nitriles is 1. The summed E-state index contributed by atoms with van der Waals surface area (Å²) in [7, 11) is 0. The number of likely N-dealkylation sites (tertiary alicyclic amines) is 2. The van der Waals surface area contributed by atoms with E-state index in [1.807, 2.05) is 11.0 Å². The second-order valence-corrected chi connectivity index (χ2v) is 6.96. The van der Waals surface area contributed by atoms with Crippen LogP contribution < -0.4 is 0 Å². The molecule has 3 atom stereocenters. The van der Waals surface area contributed by atoms with Crippen molar-refractivity contribution in [1.82, 2.24) is 9.80 Å². The maximum absolute atomic E-state index is 12.8. The Bertz CT molecular complexity index is 611. The summed E-state index contributed by atoms with van der Waals surface area (Å²) in [6.07, 6.45) is 4.76. The predicted octanol–water partition coefficient (Wildman–Crippen LogP) is 3.04. The molecule has 122 valence electrons. The first-order valence-electron chi connectivity index (χ1n) is 8.67. The zero-order chi connectivity index (χ0) is 16.4. The lowest BCUT2D eigenvalue weighted by Gasteiger charge is -2.41. The van der Waals surface area contributed by atoms with Crippen LogP contribution in [0.1, 0.15) is 55.5 Å². The first kappa shape index (κ1) is 16.0. The summed E-state index contributed by atoms with van der Waals surface area (Å²) in [5.41, 5.74) is 1.18. The van der Waals surface area contributed by atoms with Crippen molar-refractivity contribution in [3.05, 3.63) is 35.4 Å². The number of rotatable bonds is 2. The number of piperidine rings is 1. The van der Waals surface area contributed by atoms with E-state index in [0.717, 1.165) is 19.5 Å². The third kappa shape index (κ3) is 3.25. The summed E-state index contributed by atoms with van der Waals surface area (Å²) in [4.78, 5) is 17.4. The quantitative estimate of drug-likeness (QED) is 0.843. The SMILES string of the molecule is C[C@@H]1CC[C@@H](C)N1[C@H]1CCCN(C(=O)c2cccc(C#N)c2)C1. The lowest BCUT2D eigenvalue weighted by molar-refractivity contribution is 0.0487. The molecule has 0 aromatic heterocycles. The molecule has 1 aromatic carbocycles. The van der Waals surface area contributed by atoms with Crippen LogP contribution in [0.3, 0.4) is 0 Å². The molecule has 0 radical (unpaired) electrons. The van der Waals surface area contributed by atoms with Crippen LogP contribution in [-0.2, 0) is 0 Å². The highest BCUT2D eigenvalue weighted by Crippen LogP contribution is 2.30. The Labute approximate surface area is 138 Å². The Hall–Kier alpha value is -1.86.